The topological polar surface area (TPSA) is 0 Å². The summed E-state index contributed by atoms with van der Waals surface area (Å²) in [5, 5.41) is 0. The van der Waals surface area contributed by atoms with Gasteiger partial charge in [0.1, 0.15) is 5.82 Å². The smallest absolute Gasteiger partial charge is 1.00 e. The van der Waals surface area contributed by atoms with Gasteiger partial charge in [-0.05, 0) is 46.9 Å². The molecule has 0 heterocycles. The molecule has 0 amide bonds. The summed E-state index contributed by atoms with van der Waals surface area (Å²) in [7, 11) is 0. The molecule has 0 aliphatic rings. The van der Waals surface area contributed by atoms with Gasteiger partial charge < -0.3 is 2.85 Å². The monoisotopic (exact) mass is 248 g/mol. The SMILES string of the molecule is Fc1ccc(I)cc1.[H-].[H-].[Mg+2]. The molecule has 0 atom stereocenters. The van der Waals surface area contributed by atoms with Crippen LogP contribution in [0.4, 0.5) is 4.39 Å². The fourth-order valence-corrected chi connectivity index (χ4v) is 0.789. The molecule has 1 aromatic carbocycles. The number of rotatable bonds is 0. The van der Waals surface area contributed by atoms with Gasteiger partial charge in [-0.25, -0.2) is 4.39 Å². The Kier molecular flexibility index (Phi) is 4.78. The van der Waals surface area contributed by atoms with Gasteiger partial charge in [0.25, 0.3) is 0 Å². The van der Waals surface area contributed by atoms with Crippen molar-refractivity contribution in [3.05, 3.63) is 33.7 Å². The van der Waals surface area contributed by atoms with Crippen molar-refractivity contribution < 1.29 is 7.24 Å². The van der Waals surface area contributed by atoms with Crippen LogP contribution >= 0.6 is 22.6 Å². The first kappa shape index (κ1) is 9.65. The van der Waals surface area contributed by atoms with Crippen LogP contribution in [0.25, 0.3) is 0 Å². The third-order valence-electron chi connectivity index (χ3n) is 0.804. The molecule has 0 bridgehead atoms. The second-order valence-corrected chi connectivity index (χ2v) is 2.68. The van der Waals surface area contributed by atoms with E-state index in [0.29, 0.717) is 0 Å². The summed E-state index contributed by atoms with van der Waals surface area (Å²) in [6.07, 6.45) is 0. The second-order valence-electron chi connectivity index (χ2n) is 1.44. The van der Waals surface area contributed by atoms with Gasteiger partial charge in [0, 0.05) is 3.57 Å². The minimum atomic E-state index is -0.176. The Balaban J connectivity index is -0.000000213. The summed E-state index contributed by atoms with van der Waals surface area (Å²) in [5.41, 5.74) is 0. The van der Waals surface area contributed by atoms with Crippen LogP contribution in [0.3, 0.4) is 0 Å². The van der Waals surface area contributed by atoms with Crippen LogP contribution in [0.2, 0.25) is 0 Å². The van der Waals surface area contributed by atoms with E-state index in [1.54, 1.807) is 12.1 Å². The van der Waals surface area contributed by atoms with Crippen LogP contribution in [-0.2, 0) is 0 Å². The van der Waals surface area contributed by atoms with Gasteiger partial charge in [0.15, 0.2) is 0 Å². The number of benzene rings is 1. The Bertz CT molecular complexity index is 159. The van der Waals surface area contributed by atoms with E-state index in [1.165, 1.54) is 12.1 Å². The van der Waals surface area contributed by atoms with Crippen LogP contribution < -0.4 is 0 Å². The number of hydrogen-bond acceptors (Lipinski definition) is 0. The molecule has 46 valence electrons. The fourth-order valence-electron chi connectivity index (χ4n) is 0.430. The predicted octanol–water partition coefficient (Wildman–Crippen LogP) is 2.27. The predicted molar refractivity (Wildman–Crippen MR) is 47.1 cm³/mol. The van der Waals surface area contributed by atoms with Gasteiger partial charge in [-0.2, -0.15) is 0 Å². The average molecular weight is 248 g/mol. The van der Waals surface area contributed by atoms with Crippen molar-refractivity contribution in [3.63, 3.8) is 0 Å². The molecule has 0 aromatic heterocycles. The maximum atomic E-state index is 12.1. The third-order valence-corrected chi connectivity index (χ3v) is 1.52. The van der Waals surface area contributed by atoms with Gasteiger partial charge in [0.2, 0.25) is 0 Å². The maximum absolute atomic E-state index is 12.1. The number of hydrogen-bond donors (Lipinski definition) is 0. The third kappa shape index (κ3) is 3.37. The van der Waals surface area contributed by atoms with E-state index in [4.69, 9.17) is 0 Å². The van der Waals surface area contributed by atoms with Crippen molar-refractivity contribution in [2.45, 2.75) is 0 Å². The zero-order valence-electron chi connectivity index (χ0n) is 6.77. The van der Waals surface area contributed by atoms with Crippen molar-refractivity contribution >= 4 is 45.6 Å². The van der Waals surface area contributed by atoms with Crippen molar-refractivity contribution in [3.8, 4) is 0 Å². The quantitative estimate of drug-likeness (QED) is 0.488. The molecule has 0 saturated heterocycles. The summed E-state index contributed by atoms with van der Waals surface area (Å²) < 4.78 is 13.1. The average Bonchev–Trinajstić information content (AvgIpc) is 1.77. The first-order valence-corrected chi connectivity index (χ1v) is 3.28. The first-order chi connectivity index (χ1) is 3.79. The van der Waals surface area contributed by atoms with Gasteiger partial charge in [0.05, 0.1) is 0 Å². The molecule has 0 fully saturated rings. The Hall–Kier alpha value is 0.646. The van der Waals surface area contributed by atoms with Crippen LogP contribution in [0.15, 0.2) is 24.3 Å². The number of halogens is 2. The Labute approximate surface area is 86.1 Å². The molecule has 9 heavy (non-hydrogen) atoms. The van der Waals surface area contributed by atoms with E-state index in [2.05, 4.69) is 22.6 Å². The summed E-state index contributed by atoms with van der Waals surface area (Å²) in [4.78, 5) is 0. The van der Waals surface area contributed by atoms with Gasteiger partial charge >= 0.3 is 23.1 Å². The van der Waals surface area contributed by atoms with Crippen LogP contribution in [0, 0.1) is 9.39 Å². The molecule has 0 aliphatic carbocycles. The van der Waals surface area contributed by atoms with Gasteiger partial charge in [-0.3, -0.25) is 0 Å². The van der Waals surface area contributed by atoms with Crippen LogP contribution in [0.5, 0.6) is 0 Å². The Morgan fingerprint density at radius 2 is 1.67 bits per heavy atom. The van der Waals surface area contributed by atoms with E-state index in [1.807, 2.05) is 0 Å². The normalized spacial score (nSPS) is 8.22. The maximum Gasteiger partial charge on any atom is 2.00 e. The zero-order valence-corrected chi connectivity index (χ0v) is 8.34. The molecule has 0 unspecified atom stereocenters. The molecule has 0 aliphatic heterocycles. The van der Waals surface area contributed by atoms with E-state index in [9.17, 15) is 4.39 Å². The van der Waals surface area contributed by atoms with E-state index in [-0.39, 0.29) is 31.7 Å². The zero-order chi connectivity index (χ0) is 5.98. The minimum Gasteiger partial charge on any atom is -1.00 e. The van der Waals surface area contributed by atoms with E-state index in [0.717, 1.165) is 3.57 Å². The molecular formula is C6H6FIMg. The molecule has 3 heteroatoms. The van der Waals surface area contributed by atoms with Crippen molar-refractivity contribution in [1.29, 1.82) is 0 Å². The van der Waals surface area contributed by atoms with Crippen molar-refractivity contribution in [2.24, 2.45) is 0 Å². The Morgan fingerprint density at radius 3 is 2.00 bits per heavy atom. The fraction of sp³-hybridized carbons (Fsp3) is 0. The molecule has 0 nitrogen and oxygen atoms in total. The van der Waals surface area contributed by atoms with Crippen molar-refractivity contribution in [2.75, 3.05) is 0 Å². The van der Waals surface area contributed by atoms with E-state index < -0.39 is 0 Å². The molecule has 0 spiro atoms. The van der Waals surface area contributed by atoms with Crippen molar-refractivity contribution in [1.82, 2.24) is 0 Å². The molecule has 1 aromatic rings. The largest absolute Gasteiger partial charge is 2.00 e. The van der Waals surface area contributed by atoms with E-state index >= 15 is 0 Å². The molecule has 0 radical (unpaired) electrons. The van der Waals surface area contributed by atoms with Crippen LogP contribution in [-0.4, -0.2) is 23.1 Å². The molecule has 1 rings (SSSR count). The van der Waals surface area contributed by atoms with Gasteiger partial charge in [-0.15, -0.1) is 0 Å². The summed E-state index contributed by atoms with van der Waals surface area (Å²) in [6.45, 7) is 0. The molecule has 0 saturated carbocycles. The molecule has 0 N–H and O–H groups in total. The standard InChI is InChI=1S/C6H4FI.Mg.2H/c7-5-1-3-6(8)4-2-5;;;/h1-4H;;;/q;+2;2*-1. The first-order valence-electron chi connectivity index (χ1n) is 2.20. The minimum absolute atomic E-state index is 0. The summed E-state index contributed by atoms with van der Waals surface area (Å²) in [6, 6.07) is 6.36. The van der Waals surface area contributed by atoms with Gasteiger partial charge in [-0.1, -0.05) is 0 Å². The summed E-state index contributed by atoms with van der Waals surface area (Å²) >= 11 is 2.13. The van der Waals surface area contributed by atoms with Crippen LogP contribution in [0.1, 0.15) is 2.85 Å². The summed E-state index contributed by atoms with van der Waals surface area (Å²) in [5.74, 6) is -0.176. The molecular weight excluding hydrogens is 242 g/mol. The Morgan fingerprint density at radius 1 is 1.22 bits per heavy atom. The second kappa shape index (κ2) is 4.46.